The Labute approximate surface area is 130 Å². The van der Waals surface area contributed by atoms with Crippen molar-refractivity contribution in [1.82, 2.24) is 4.98 Å². The van der Waals surface area contributed by atoms with E-state index >= 15 is 0 Å². The molecule has 0 unspecified atom stereocenters. The Morgan fingerprint density at radius 1 is 1.38 bits per heavy atom. The van der Waals surface area contributed by atoms with E-state index < -0.39 is 0 Å². The number of aromatic nitrogens is 1. The van der Waals surface area contributed by atoms with E-state index in [0.717, 1.165) is 9.90 Å². The van der Waals surface area contributed by atoms with Gasteiger partial charge in [-0.15, -0.1) is 0 Å². The maximum atomic E-state index is 12.1. The predicted octanol–water partition coefficient (Wildman–Crippen LogP) is 3.19. The van der Waals surface area contributed by atoms with Gasteiger partial charge in [0.1, 0.15) is 0 Å². The minimum absolute atomic E-state index is 0.273. The Hall–Kier alpha value is -2.35. The first-order valence-corrected chi connectivity index (χ1v) is 7.73. The molecule has 21 heavy (non-hydrogen) atoms. The minimum atomic E-state index is -0.273. The Balaban J connectivity index is 2.09. The number of hydrogen-bond donors (Lipinski definition) is 1. The van der Waals surface area contributed by atoms with Crippen molar-refractivity contribution in [3.8, 4) is 12.1 Å². The van der Waals surface area contributed by atoms with Crippen molar-refractivity contribution >= 4 is 34.1 Å². The molecule has 1 N–H and O–H groups in total. The summed E-state index contributed by atoms with van der Waals surface area (Å²) in [4.78, 5) is 16.3. The van der Waals surface area contributed by atoms with Gasteiger partial charge in [-0.05, 0) is 31.2 Å². The van der Waals surface area contributed by atoms with E-state index in [1.54, 1.807) is 24.3 Å². The lowest BCUT2D eigenvalue weighted by Gasteiger charge is -2.01. The van der Waals surface area contributed by atoms with Gasteiger partial charge in [0.2, 0.25) is 0 Å². The highest BCUT2D eigenvalue weighted by atomic mass is 32.2. The maximum absolute atomic E-state index is 12.1. The fourth-order valence-electron chi connectivity index (χ4n) is 1.53. The van der Waals surface area contributed by atoms with Crippen molar-refractivity contribution < 1.29 is 4.79 Å². The largest absolute Gasteiger partial charge is 0.298 e. The van der Waals surface area contributed by atoms with Gasteiger partial charge >= 0.3 is 0 Å². The molecule has 2 rings (SSSR count). The number of carbonyl (C=O) groups excluding carboxylic acids is 1. The van der Waals surface area contributed by atoms with E-state index in [1.807, 2.05) is 13.0 Å². The zero-order valence-corrected chi connectivity index (χ0v) is 12.7. The first-order chi connectivity index (χ1) is 10.1. The quantitative estimate of drug-likeness (QED) is 0.875. The number of aryl methyl sites for hydroxylation is 1. The first kappa shape index (κ1) is 15.0. The second kappa shape index (κ2) is 6.89. The molecule has 7 heteroatoms. The lowest BCUT2D eigenvalue weighted by Crippen LogP contribution is -2.11. The van der Waals surface area contributed by atoms with Crippen molar-refractivity contribution in [2.45, 2.75) is 11.1 Å². The van der Waals surface area contributed by atoms with E-state index in [2.05, 4.69) is 16.4 Å². The van der Waals surface area contributed by atoms with Crippen LogP contribution in [-0.2, 0) is 0 Å². The zero-order chi connectivity index (χ0) is 15.2. The summed E-state index contributed by atoms with van der Waals surface area (Å²) in [6, 6.07) is 10.4. The fourth-order valence-corrected chi connectivity index (χ4v) is 3.33. The van der Waals surface area contributed by atoms with Crippen molar-refractivity contribution in [2.24, 2.45) is 0 Å². The van der Waals surface area contributed by atoms with Crippen molar-refractivity contribution in [1.29, 1.82) is 10.5 Å². The van der Waals surface area contributed by atoms with E-state index in [4.69, 9.17) is 10.5 Å². The molecule has 0 aliphatic heterocycles. The summed E-state index contributed by atoms with van der Waals surface area (Å²) in [5, 5.41) is 20.5. The summed E-state index contributed by atoms with van der Waals surface area (Å²) in [6.07, 6.45) is 0. The number of carbonyl (C=O) groups is 1. The maximum Gasteiger partial charge on any atom is 0.257 e. The predicted molar refractivity (Wildman–Crippen MR) is 82.3 cm³/mol. The smallest absolute Gasteiger partial charge is 0.257 e. The normalized spacial score (nSPS) is 9.67. The van der Waals surface area contributed by atoms with E-state index in [9.17, 15) is 4.79 Å². The topological polar surface area (TPSA) is 89.6 Å². The molecular weight excluding hydrogens is 304 g/mol. The number of nitrogens with zero attached hydrogens (tertiary/aromatic N) is 3. The molecule has 0 saturated carbocycles. The highest BCUT2D eigenvalue weighted by Gasteiger charge is 2.12. The van der Waals surface area contributed by atoms with Crippen molar-refractivity contribution in [2.75, 3.05) is 11.1 Å². The van der Waals surface area contributed by atoms with Crippen LogP contribution in [0.25, 0.3) is 0 Å². The molecule has 0 radical (unpaired) electrons. The van der Waals surface area contributed by atoms with Crippen molar-refractivity contribution in [3.05, 3.63) is 41.1 Å². The molecule has 0 aliphatic rings. The number of thiazole rings is 1. The van der Waals surface area contributed by atoms with Gasteiger partial charge in [-0.1, -0.05) is 23.1 Å². The number of rotatable bonds is 4. The number of thioether (sulfide) groups is 1. The van der Waals surface area contributed by atoms with Gasteiger partial charge in [0.25, 0.3) is 5.91 Å². The Morgan fingerprint density at radius 3 is 2.71 bits per heavy atom. The minimum Gasteiger partial charge on any atom is -0.298 e. The molecule has 0 bridgehead atoms. The molecule has 0 fully saturated rings. The lowest BCUT2D eigenvalue weighted by molar-refractivity contribution is 0.102. The highest BCUT2D eigenvalue weighted by Crippen LogP contribution is 2.31. The highest BCUT2D eigenvalue weighted by molar-refractivity contribution is 8.01. The first-order valence-electron chi connectivity index (χ1n) is 5.92. The summed E-state index contributed by atoms with van der Waals surface area (Å²) in [5.74, 6) is 0.0801. The second-order valence-corrected chi connectivity index (χ2v) is 6.23. The van der Waals surface area contributed by atoms with E-state index in [1.165, 1.54) is 23.1 Å². The van der Waals surface area contributed by atoms with E-state index in [0.29, 0.717) is 22.0 Å². The summed E-state index contributed by atoms with van der Waals surface area (Å²) < 4.78 is 0.923. The Morgan fingerprint density at radius 2 is 2.10 bits per heavy atom. The van der Waals surface area contributed by atoms with Gasteiger partial charge in [-0.3, -0.25) is 10.1 Å². The molecule has 1 aromatic heterocycles. The van der Waals surface area contributed by atoms with Crippen LogP contribution in [0, 0.1) is 29.6 Å². The molecule has 0 spiro atoms. The van der Waals surface area contributed by atoms with Gasteiger partial charge in [-0.2, -0.15) is 10.5 Å². The number of amides is 1. The van der Waals surface area contributed by atoms with Crippen LogP contribution in [0.2, 0.25) is 0 Å². The van der Waals surface area contributed by atoms with Crippen LogP contribution in [0.5, 0.6) is 0 Å². The molecular formula is C14H10N4OS2. The van der Waals surface area contributed by atoms with Gasteiger partial charge < -0.3 is 0 Å². The fraction of sp³-hybridized carbons (Fsp3) is 0.143. The number of hydrogen-bond acceptors (Lipinski definition) is 6. The molecule has 0 aliphatic carbocycles. The summed E-state index contributed by atoms with van der Waals surface area (Å²) in [7, 11) is 0. The average Bonchev–Trinajstić information content (AvgIpc) is 2.84. The average molecular weight is 314 g/mol. The van der Waals surface area contributed by atoms with Crippen LogP contribution in [-0.4, -0.2) is 16.6 Å². The molecule has 1 amide bonds. The van der Waals surface area contributed by atoms with E-state index in [-0.39, 0.29) is 5.91 Å². The second-order valence-electron chi connectivity index (χ2n) is 3.98. The standard InChI is InChI=1S/C14H10N4OS2/c1-9-13(20-7-6-15)21-14(17-9)18-12(19)11-4-2-10(8-16)3-5-11/h2-5H,7H2,1H3,(H,17,18,19). The molecule has 0 atom stereocenters. The number of nitrogens with one attached hydrogen (secondary N) is 1. The summed E-state index contributed by atoms with van der Waals surface area (Å²) in [5.41, 5.74) is 1.77. The third-order valence-corrected chi connectivity index (χ3v) is 4.82. The zero-order valence-electron chi connectivity index (χ0n) is 11.1. The van der Waals surface area contributed by atoms with Crippen LogP contribution in [0.15, 0.2) is 28.5 Å². The van der Waals surface area contributed by atoms with Gasteiger partial charge in [0.05, 0.1) is 33.4 Å². The lowest BCUT2D eigenvalue weighted by atomic mass is 10.1. The van der Waals surface area contributed by atoms with Crippen LogP contribution in [0.1, 0.15) is 21.6 Å². The van der Waals surface area contributed by atoms with Crippen molar-refractivity contribution in [3.63, 3.8) is 0 Å². The summed E-state index contributed by atoms with van der Waals surface area (Å²) >= 11 is 2.75. The monoisotopic (exact) mass is 314 g/mol. The van der Waals surface area contributed by atoms with Crippen LogP contribution < -0.4 is 5.32 Å². The molecule has 5 nitrogen and oxygen atoms in total. The molecule has 0 saturated heterocycles. The molecule has 1 heterocycles. The third-order valence-electron chi connectivity index (χ3n) is 2.52. The van der Waals surface area contributed by atoms with Crippen LogP contribution in [0.3, 0.4) is 0 Å². The van der Waals surface area contributed by atoms with Gasteiger partial charge in [-0.25, -0.2) is 4.98 Å². The SMILES string of the molecule is Cc1nc(NC(=O)c2ccc(C#N)cc2)sc1SCC#N. The molecule has 104 valence electrons. The Bertz CT molecular complexity index is 738. The molecule has 2 aromatic rings. The molecule has 1 aromatic carbocycles. The Kier molecular flexibility index (Phi) is 4.94. The van der Waals surface area contributed by atoms with Gasteiger partial charge in [0, 0.05) is 5.56 Å². The number of benzene rings is 1. The summed E-state index contributed by atoms with van der Waals surface area (Å²) in [6.45, 7) is 1.84. The van der Waals surface area contributed by atoms with Crippen LogP contribution in [0.4, 0.5) is 5.13 Å². The third kappa shape index (κ3) is 3.82. The van der Waals surface area contributed by atoms with Crippen LogP contribution >= 0.6 is 23.1 Å². The number of nitriles is 2. The van der Waals surface area contributed by atoms with Gasteiger partial charge in [0.15, 0.2) is 5.13 Å². The number of anilines is 1.